The Kier molecular flexibility index (Phi) is 3.47. The molecule has 0 bridgehead atoms. The fraction of sp³-hybridized carbons (Fsp3) is 0.312. The summed E-state index contributed by atoms with van der Waals surface area (Å²) in [5, 5.41) is 0. The van der Waals surface area contributed by atoms with Crippen LogP contribution < -0.4 is 4.90 Å². The lowest BCUT2D eigenvalue weighted by Gasteiger charge is -2.14. The Bertz CT molecular complexity index is 607. The highest BCUT2D eigenvalue weighted by molar-refractivity contribution is 5.80. The van der Waals surface area contributed by atoms with Gasteiger partial charge in [0.15, 0.2) is 6.29 Å². The van der Waals surface area contributed by atoms with Gasteiger partial charge in [-0.1, -0.05) is 0 Å². The van der Waals surface area contributed by atoms with Crippen LogP contribution >= 0.6 is 0 Å². The lowest BCUT2D eigenvalue weighted by molar-refractivity contribution is 0.112. The molecule has 0 radical (unpaired) electrons. The highest BCUT2D eigenvalue weighted by atomic mass is 16.1. The van der Waals surface area contributed by atoms with Gasteiger partial charge < -0.3 is 9.47 Å². The van der Waals surface area contributed by atoms with Crippen molar-refractivity contribution in [2.24, 2.45) is 0 Å². The van der Waals surface area contributed by atoms with Gasteiger partial charge in [-0.05, 0) is 50.6 Å². The third-order valence-electron chi connectivity index (χ3n) is 3.75. The molecule has 0 unspecified atom stereocenters. The monoisotopic (exact) mass is 256 g/mol. The van der Waals surface area contributed by atoms with Crippen LogP contribution in [-0.4, -0.2) is 24.9 Å². The van der Waals surface area contributed by atoms with Crippen molar-refractivity contribution in [3.8, 4) is 5.69 Å². The molecular formula is C16H20N2O. The van der Waals surface area contributed by atoms with Crippen LogP contribution in [0.25, 0.3) is 5.69 Å². The number of hydrogen-bond donors (Lipinski definition) is 0. The van der Waals surface area contributed by atoms with Crippen molar-refractivity contribution in [1.82, 2.24) is 4.57 Å². The molecule has 3 heteroatoms. The largest absolute Gasteiger partial charge is 0.378 e. The summed E-state index contributed by atoms with van der Waals surface area (Å²) in [4.78, 5) is 13.2. The second-order valence-electron chi connectivity index (χ2n) is 5.07. The van der Waals surface area contributed by atoms with Gasteiger partial charge >= 0.3 is 0 Å². The number of rotatable bonds is 3. The van der Waals surface area contributed by atoms with E-state index in [1.807, 2.05) is 27.9 Å². The maximum atomic E-state index is 11.2. The summed E-state index contributed by atoms with van der Waals surface area (Å²) in [6.07, 6.45) is 0.947. The van der Waals surface area contributed by atoms with E-state index < -0.39 is 0 Å². The van der Waals surface area contributed by atoms with Gasteiger partial charge in [-0.15, -0.1) is 0 Å². The molecule has 0 N–H and O–H groups in total. The lowest BCUT2D eigenvalue weighted by Crippen LogP contribution is -2.08. The van der Waals surface area contributed by atoms with Gasteiger partial charge in [0.25, 0.3) is 0 Å². The van der Waals surface area contributed by atoms with Crippen LogP contribution in [0.1, 0.15) is 27.3 Å². The number of aldehydes is 1. The standard InChI is InChI=1S/C16H20N2O/c1-11-12(2)18(13(3)16(11)10-19)15-8-6-14(7-9-15)17(4)5/h6-10H,1-5H3. The number of carbonyl (C=O) groups is 1. The molecule has 0 saturated heterocycles. The SMILES string of the molecule is Cc1c(C=O)c(C)n(-c2ccc(N(C)C)cc2)c1C. The van der Waals surface area contributed by atoms with Crippen LogP contribution in [0.3, 0.4) is 0 Å². The van der Waals surface area contributed by atoms with E-state index in [0.717, 1.165) is 34.5 Å². The van der Waals surface area contributed by atoms with Crippen molar-refractivity contribution < 1.29 is 4.79 Å². The first-order valence-electron chi connectivity index (χ1n) is 6.38. The average molecular weight is 256 g/mol. The van der Waals surface area contributed by atoms with E-state index in [1.165, 1.54) is 5.69 Å². The minimum atomic E-state index is 0.800. The number of carbonyl (C=O) groups excluding carboxylic acids is 1. The maximum absolute atomic E-state index is 11.2. The van der Waals surface area contributed by atoms with Crippen molar-refractivity contribution in [2.75, 3.05) is 19.0 Å². The summed E-state index contributed by atoms with van der Waals surface area (Å²) < 4.78 is 2.14. The van der Waals surface area contributed by atoms with Gasteiger partial charge in [0.1, 0.15) is 0 Å². The van der Waals surface area contributed by atoms with Gasteiger partial charge in [0.2, 0.25) is 0 Å². The van der Waals surface area contributed by atoms with E-state index in [4.69, 9.17) is 0 Å². The molecule has 2 aromatic rings. The van der Waals surface area contributed by atoms with Crippen LogP contribution in [-0.2, 0) is 0 Å². The first kappa shape index (κ1) is 13.4. The van der Waals surface area contributed by atoms with Crippen molar-refractivity contribution >= 4 is 12.0 Å². The zero-order chi connectivity index (χ0) is 14.2. The van der Waals surface area contributed by atoms with Crippen LogP contribution in [0, 0.1) is 20.8 Å². The van der Waals surface area contributed by atoms with E-state index in [1.54, 1.807) is 0 Å². The van der Waals surface area contributed by atoms with E-state index in [9.17, 15) is 4.79 Å². The van der Waals surface area contributed by atoms with Crippen molar-refractivity contribution in [1.29, 1.82) is 0 Å². The summed E-state index contributed by atoms with van der Waals surface area (Å²) in [5.41, 5.74) is 6.24. The van der Waals surface area contributed by atoms with Crippen LogP contribution in [0.2, 0.25) is 0 Å². The zero-order valence-corrected chi connectivity index (χ0v) is 12.2. The summed E-state index contributed by atoms with van der Waals surface area (Å²) >= 11 is 0. The van der Waals surface area contributed by atoms with E-state index in [2.05, 4.69) is 40.7 Å². The van der Waals surface area contributed by atoms with E-state index in [-0.39, 0.29) is 0 Å². The van der Waals surface area contributed by atoms with Crippen LogP contribution in [0.4, 0.5) is 5.69 Å². The summed E-state index contributed by atoms with van der Waals surface area (Å²) in [7, 11) is 4.05. The molecule has 0 aliphatic carbocycles. The predicted octanol–water partition coefficient (Wildman–Crippen LogP) is 3.28. The molecule has 19 heavy (non-hydrogen) atoms. The quantitative estimate of drug-likeness (QED) is 0.787. The summed E-state index contributed by atoms with van der Waals surface area (Å²) in [5.74, 6) is 0. The molecule has 3 nitrogen and oxygen atoms in total. The molecule has 0 fully saturated rings. The van der Waals surface area contributed by atoms with Gasteiger partial charge in [-0.3, -0.25) is 4.79 Å². The molecule has 1 heterocycles. The molecule has 1 aromatic heterocycles. The van der Waals surface area contributed by atoms with Crippen molar-refractivity contribution in [2.45, 2.75) is 20.8 Å². The first-order valence-corrected chi connectivity index (χ1v) is 6.38. The third kappa shape index (κ3) is 2.16. The fourth-order valence-electron chi connectivity index (χ4n) is 2.47. The Labute approximate surface area is 114 Å². The molecule has 0 aliphatic rings. The second kappa shape index (κ2) is 4.92. The smallest absolute Gasteiger partial charge is 0.152 e. The highest BCUT2D eigenvalue weighted by Crippen LogP contribution is 2.25. The first-order chi connectivity index (χ1) is 8.97. The molecular weight excluding hydrogens is 236 g/mol. The molecule has 0 saturated carbocycles. The molecule has 1 aromatic carbocycles. The Morgan fingerprint density at radius 3 is 2.00 bits per heavy atom. The van der Waals surface area contributed by atoms with Crippen LogP contribution in [0.5, 0.6) is 0 Å². The number of anilines is 1. The highest BCUT2D eigenvalue weighted by Gasteiger charge is 2.14. The van der Waals surface area contributed by atoms with Gasteiger partial charge in [-0.25, -0.2) is 0 Å². The zero-order valence-electron chi connectivity index (χ0n) is 12.2. The third-order valence-corrected chi connectivity index (χ3v) is 3.75. The Balaban J connectivity index is 2.56. The Morgan fingerprint density at radius 2 is 1.58 bits per heavy atom. The second-order valence-corrected chi connectivity index (χ2v) is 5.07. The fourth-order valence-corrected chi connectivity index (χ4v) is 2.47. The minimum Gasteiger partial charge on any atom is -0.378 e. The van der Waals surface area contributed by atoms with Crippen molar-refractivity contribution in [3.63, 3.8) is 0 Å². The molecule has 100 valence electrons. The number of benzene rings is 1. The summed E-state index contributed by atoms with van der Waals surface area (Å²) in [6, 6.07) is 8.35. The lowest BCUT2D eigenvalue weighted by atomic mass is 10.1. The van der Waals surface area contributed by atoms with Gasteiger partial charge in [0.05, 0.1) is 0 Å². The van der Waals surface area contributed by atoms with E-state index in [0.29, 0.717) is 0 Å². The van der Waals surface area contributed by atoms with Crippen molar-refractivity contribution in [3.05, 3.63) is 46.8 Å². The molecule has 0 amide bonds. The average Bonchev–Trinajstić information content (AvgIpc) is 2.60. The summed E-state index contributed by atoms with van der Waals surface area (Å²) in [6.45, 7) is 6.04. The topological polar surface area (TPSA) is 25.2 Å². The molecule has 0 atom stereocenters. The number of aromatic nitrogens is 1. The Hall–Kier alpha value is -2.03. The minimum absolute atomic E-state index is 0.800. The number of hydrogen-bond acceptors (Lipinski definition) is 2. The van der Waals surface area contributed by atoms with Gasteiger partial charge in [0, 0.05) is 42.4 Å². The Morgan fingerprint density at radius 1 is 1.00 bits per heavy atom. The molecule has 0 aliphatic heterocycles. The molecule has 2 rings (SSSR count). The van der Waals surface area contributed by atoms with Crippen LogP contribution in [0.15, 0.2) is 24.3 Å². The number of nitrogens with zero attached hydrogens (tertiary/aromatic N) is 2. The predicted molar refractivity (Wildman–Crippen MR) is 79.7 cm³/mol. The molecule has 0 spiro atoms. The van der Waals surface area contributed by atoms with Gasteiger partial charge in [-0.2, -0.15) is 0 Å². The normalized spacial score (nSPS) is 10.6. The van der Waals surface area contributed by atoms with E-state index >= 15 is 0 Å². The maximum Gasteiger partial charge on any atom is 0.152 e.